The smallest absolute Gasteiger partial charge is 0.254 e. The van der Waals surface area contributed by atoms with Gasteiger partial charge in [-0.3, -0.25) is 4.79 Å². The minimum absolute atomic E-state index is 0.0392. The lowest BCUT2D eigenvalue weighted by molar-refractivity contribution is 0.0919. The van der Waals surface area contributed by atoms with Gasteiger partial charge in [0, 0.05) is 6.54 Å². The van der Waals surface area contributed by atoms with Gasteiger partial charge < -0.3 is 10.4 Å². The second-order valence-electron chi connectivity index (χ2n) is 3.31. The second-order valence-corrected chi connectivity index (χ2v) is 3.71. The van der Waals surface area contributed by atoms with E-state index < -0.39 is 29.2 Å². The van der Waals surface area contributed by atoms with Gasteiger partial charge in [0.15, 0.2) is 0 Å². The van der Waals surface area contributed by atoms with Gasteiger partial charge in [-0.25, -0.2) is 8.78 Å². The molecule has 0 spiro atoms. The summed E-state index contributed by atoms with van der Waals surface area (Å²) >= 11 is 5.33. The van der Waals surface area contributed by atoms with Crippen LogP contribution in [0.1, 0.15) is 17.3 Å². The molecular weight excluding hydrogens is 240 g/mol. The van der Waals surface area contributed by atoms with Gasteiger partial charge in [0.25, 0.3) is 5.91 Å². The zero-order valence-corrected chi connectivity index (χ0v) is 9.18. The molecule has 0 aliphatic rings. The summed E-state index contributed by atoms with van der Waals surface area (Å²) in [5, 5.41) is 10.8. The average Bonchev–Trinajstić information content (AvgIpc) is 2.20. The number of rotatable bonds is 3. The first-order valence-electron chi connectivity index (χ1n) is 4.52. The highest BCUT2D eigenvalue weighted by molar-refractivity contribution is 6.30. The van der Waals surface area contributed by atoms with Crippen molar-refractivity contribution in [2.24, 2.45) is 0 Å². The van der Waals surface area contributed by atoms with E-state index in [1.165, 1.54) is 6.92 Å². The highest BCUT2D eigenvalue weighted by atomic mass is 35.5. The van der Waals surface area contributed by atoms with Gasteiger partial charge in [-0.05, 0) is 19.1 Å². The molecule has 1 aromatic carbocycles. The van der Waals surface area contributed by atoms with E-state index >= 15 is 0 Å². The first-order valence-corrected chi connectivity index (χ1v) is 4.90. The lowest BCUT2D eigenvalue weighted by atomic mass is 10.2. The molecule has 0 saturated heterocycles. The molecule has 0 radical (unpaired) electrons. The molecule has 3 nitrogen and oxygen atoms in total. The number of aliphatic hydroxyl groups is 1. The van der Waals surface area contributed by atoms with E-state index in [1.54, 1.807) is 0 Å². The zero-order chi connectivity index (χ0) is 12.3. The van der Waals surface area contributed by atoms with Crippen LogP contribution in [0.3, 0.4) is 0 Å². The SMILES string of the molecule is C[C@@H](O)CNC(=O)c1cc(F)c(Cl)cc1F. The fourth-order valence-electron chi connectivity index (χ4n) is 1.03. The molecule has 0 saturated carbocycles. The van der Waals surface area contributed by atoms with Crippen LogP contribution in [-0.2, 0) is 0 Å². The Morgan fingerprint density at radius 2 is 2.12 bits per heavy atom. The third-order valence-corrected chi connectivity index (χ3v) is 2.10. The molecule has 1 atom stereocenters. The Hall–Kier alpha value is -1.20. The molecule has 88 valence electrons. The quantitative estimate of drug-likeness (QED) is 0.802. The van der Waals surface area contributed by atoms with Crippen LogP contribution < -0.4 is 5.32 Å². The van der Waals surface area contributed by atoms with Crippen molar-refractivity contribution in [3.8, 4) is 0 Å². The van der Waals surface area contributed by atoms with Crippen LogP contribution in [-0.4, -0.2) is 23.7 Å². The minimum Gasteiger partial charge on any atom is -0.392 e. The average molecular weight is 250 g/mol. The zero-order valence-electron chi connectivity index (χ0n) is 8.43. The first-order chi connectivity index (χ1) is 7.41. The summed E-state index contributed by atoms with van der Waals surface area (Å²) in [7, 11) is 0. The summed E-state index contributed by atoms with van der Waals surface area (Å²) in [6, 6.07) is 1.45. The Labute approximate surface area is 96.0 Å². The maximum absolute atomic E-state index is 13.2. The van der Waals surface area contributed by atoms with Crippen LogP contribution in [0.25, 0.3) is 0 Å². The van der Waals surface area contributed by atoms with Crippen molar-refractivity contribution < 1.29 is 18.7 Å². The van der Waals surface area contributed by atoms with Crippen molar-refractivity contribution in [3.63, 3.8) is 0 Å². The number of carbonyl (C=O) groups is 1. The summed E-state index contributed by atoms with van der Waals surface area (Å²) in [4.78, 5) is 11.4. The van der Waals surface area contributed by atoms with Gasteiger partial charge in [-0.2, -0.15) is 0 Å². The predicted molar refractivity (Wildman–Crippen MR) is 55.4 cm³/mol. The maximum Gasteiger partial charge on any atom is 0.254 e. The van der Waals surface area contributed by atoms with E-state index in [-0.39, 0.29) is 11.6 Å². The van der Waals surface area contributed by atoms with Crippen LogP contribution in [0.5, 0.6) is 0 Å². The molecule has 0 heterocycles. The fraction of sp³-hybridized carbons (Fsp3) is 0.300. The molecule has 0 unspecified atom stereocenters. The minimum atomic E-state index is -0.908. The Morgan fingerprint density at radius 1 is 1.50 bits per heavy atom. The molecule has 2 N–H and O–H groups in total. The third-order valence-electron chi connectivity index (χ3n) is 1.81. The molecule has 6 heteroatoms. The van der Waals surface area contributed by atoms with Crippen molar-refractivity contribution in [1.29, 1.82) is 0 Å². The Bertz CT molecular complexity index is 410. The van der Waals surface area contributed by atoms with Gasteiger partial charge >= 0.3 is 0 Å². The van der Waals surface area contributed by atoms with Crippen molar-refractivity contribution in [2.45, 2.75) is 13.0 Å². The van der Waals surface area contributed by atoms with Crippen molar-refractivity contribution in [1.82, 2.24) is 5.32 Å². The van der Waals surface area contributed by atoms with Gasteiger partial charge in [0.2, 0.25) is 0 Å². The summed E-state index contributed by atoms with van der Waals surface area (Å²) in [6.07, 6.45) is -0.760. The molecule has 16 heavy (non-hydrogen) atoms. The number of halogens is 3. The standard InChI is InChI=1S/C10H10ClF2NO2/c1-5(15)4-14-10(16)6-2-9(13)7(11)3-8(6)12/h2-3,5,15H,4H2,1H3,(H,14,16)/t5-/m1/s1. The topological polar surface area (TPSA) is 49.3 Å². The molecule has 1 aromatic rings. The molecule has 0 bridgehead atoms. The Kier molecular flexibility index (Phi) is 4.20. The maximum atomic E-state index is 13.2. The Morgan fingerprint density at radius 3 is 2.69 bits per heavy atom. The predicted octanol–water partition coefficient (Wildman–Crippen LogP) is 1.73. The molecule has 1 amide bonds. The molecular formula is C10H10ClF2NO2. The van der Waals surface area contributed by atoms with Crippen LogP contribution >= 0.6 is 11.6 Å². The van der Waals surface area contributed by atoms with E-state index in [0.717, 1.165) is 12.1 Å². The number of nitrogens with one attached hydrogen (secondary N) is 1. The highest BCUT2D eigenvalue weighted by Crippen LogP contribution is 2.19. The van der Waals surface area contributed by atoms with E-state index in [0.29, 0.717) is 0 Å². The second kappa shape index (κ2) is 5.23. The highest BCUT2D eigenvalue weighted by Gasteiger charge is 2.15. The van der Waals surface area contributed by atoms with Gasteiger partial charge in [-0.1, -0.05) is 11.6 Å². The van der Waals surface area contributed by atoms with Gasteiger partial charge in [0.1, 0.15) is 11.6 Å². The van der Waals surface area contributed by atoms with Crippen LogP contribution in [0.2, 0.25) is 5.02 Å². The van der Waals surface area contributed by atoms with Crippen molar-refractivity contribution in [3.05, 3.63) is 34.4 Å². The van der Waals surface area contributed by atoms with E-state index in [2.05, 4.69) is 5.32 Å². The van der Waals surface area contributed by atoms with E-state index in [9.17, 15) is 13.6 Å². The number of carbonyl (C=O) groups excluding carboxylic acids is 1. The first kappa shape index (κ1) is 12.9. The number of hydrogen-bond acceptors (Lipinski definition) is 2. The molecule has 0 aliphatic carbocycles. The molecule has 1 rings (SSSR count). The summed E-state index contributed by atoms with van der Waals surface area (Å²) in [5.74, 6) is -2.58. The normalized spacial score (nSPS) is 12.3. The number of hydrogen-bond donors (Lipinski definition) is 2. The summed E-state index contributed by atoms with van der Waals surface area (Å²) in [5.41, 5.74) is -0.442. The largest absolute Gasteiger partial charge is 0.392 e. The monoisotopic (exact) mass is 249 g/mol. The van der Waals surface area contributed by atoms with Crippen LogP contribution in [0.4, 0.5) is 8.78 Å². The number of benzene rings is 1. The lowest BCUT2D eigenvalue weighted by Crippen LogP contribution is -2.31. The van der Waals surface area contributed by atoms with E-state index in [1.807, 2.05) is 0 Å². The Balaban J connectivity index is 2.87. The molecule has 0 aromatic heterocycles. The van der Waals surface area contributed by atoms with Crippen LogP contribution in [0.15, 0.2) is 12.1 Å². The summed E-state index contributed by atoms with van der Waals surface area (Å²) in [6.45, 7) is 1.42. The van der Waals surface area contributed by atoms with Crippen molar-refractivity contribution in [2.75, 3.05) is 6.54 Å². The van der Waals surface area contributed by atoms with Crippen molar-refractivity contribution >= 4 is 17.5 Å². The van der Waals surface area contributed by atoms with E-state index in [4.69, 9.17) is 16.7 Å². The molecule has 0 aliphatic heterocycles. The lowest BCUT2D eigenvalue weighted by Gasteiger charge is -2.08. The van der Waals surface area contributed by atoms with Crippen LogP contribution in [0, 0.1) is 11.6 Å². The molecule has 0 fully saturated rings. The van der Waals surface area contributed by atoms with Gasteiger partial charge in [0.05, 0.1) is 16.7 Å². The number of aliphatic hydroxyl groups excluding tert-OH is 1. The third kappa shape index (κ3) is 3.15. The summed E-state index contributed by atoms with van der Waals surface area (Å²) < 4.78 is 26.2. The van der Waals surface area contributed by atoms with Gasteiger partial charge in [-0.15, -0.1) is 0 Å². The number of amides is 1. The fourth-order valence-corrected chi connectivity index (χ4v) is 1.18.